The summed E-state index contributed by atoms with van der Waals surface area (Å²) in [6.45, 7) is 4.23. The lowest BCUT2D eigenvalue weighted by Gasteiger charge is -2.10. The number of hydrogen-bond acceptors (Lipinski definition) is 5. The van der Waals surface area contributed by atoms with Gasteiger partial charge in [0, 0.05) is 11.6 Å². The zero-order chi connectivity index (χ0) is 10.4. The van der Waals surface area contributed by atoms with Gasteiger partial charge in [0.2, 0.25) is 0 Å². The second-order valence-electron chi connectivity index (χ2n) is 2.56. The van der Waals surface area contributed by atoms with Crippen LogP contribution in [-0.4, -0.2) is 22.8 Å². The van der Waals surface area contributed by atoms with Crippen molar-refractivity contribution in [3.8, 4) is 0 Å². The third kappa shape index (κ3) is 3.31. The van der Waals surface area contributed by atoms with E-state index in [4.69, 9.17) is 4.74 Å². The summed E-state index contributed by atoms with van der Waals surface area (Å²) < 4.78 is 5.88. The van der Waals surface area contributed by atoms with Crippen LogP contribution in [0.15, 0.2) is 15.9 Å². The van der Waals surface area contributed by atoms with Crippen LogP contribution in [0.1, 0.15) is 20.3 Å². The average Bonchev–Trinajstić information content (AvgIpc) is 2.66. The first-order chi connectivity index (χ1) is 6.77. The van der Waals surface area contributed by atoms with Crippen molar-refractivity contribution in [1.82, 2.24) is 4.98 Å². The topological polar surface area (TPSA) is 39.2 Å². The van der Waals surface area contributed by atoms with Crippen molar-refractivity contribution in [3.05, 3.63) is 11.6 Å². The minimum atomic E-state index is -0.143. The molecule has 1 atom stereocenters. The summed E-state index contributed by atoms with van der Waals surface area (Å²) in [5.41, 5.74) is 0. The maximum Gasteiger partial charge on any atom is 0.319 e. The SMILES string of the molecule is CCOC(=O)[C@H](CC)Sc1nccs1. The lowest BCUT2D eigenvalue weighted by Crippen LogP contribution is -2.19. The Morgan fingerprint density at radius 3 is 3.00 bits per heavy atom. The molecule has 0 aliphatic rings. The second-order valence-corrected chi connectivity index (χ2v) is 4.91. The molecular weight excluding hydrogens is 218 g/mol. The van der Waals surface area contributed by atoms with Crippen LogP contribution in [0, 0.1) is 0 Å². The Morgan fingerprint density at radius 2 is 2.50 bits per heavy atom. The highest BCUT2D eigenvalue weighted by molar-refractivity contribution is 8.02. The lowest BCUT2D eigenvalue weighted by atomic mass is 10.3. The molecule has 0 saturated carbocycles. The maximum absolute atomic E-state index is 11.4. The van der Waals surface area contributed by atoms with Gasteiger partial charge in [-0.25, -0.2) is 4.98 Å². The monoisotopic (exact) mass is 231 g/mol. The maximum atomic E-state index is 11.4. The van der Waals surface area contributed by atoms with Crippen molar-refractivity contribution in [2.24, 2.45) is 0 Å². The Hall–Kier alpha value is -0.550. The van der Waals surface area contributed by atoms with Gasteiger partial charge in [0.15, 0.2) is 4.34 Å². The number of hydrogen-bond donors (Lipinski definition) is 0. The van der Waals surface area contributed by atoms with Crippen LogP contribution >= 0.6 is 23.1 Å². The summed E-state index contributed by atoms with van der Waals surface area (Å²) in [7, 11) is 0. The first kappa shape index (κ1) is 11.5. The quantitative estimate of drug-likeness (QED) is 0.577. The Labute approximate surface area is 91.9 Å². The van der Waals surface area contributed by atoms with E-state index in [1.54, 1.807) is 17.5 Å². The molecule has 0 saturated heterocycles. The van der Waals surface area contributed by atoms with Crippen molar-refractivity contribution in [2.45, 2.75) is 29.9 Å². The van der Waals surface area contributed by atoms with Crippen LogP contribution in [0.4, 0.5) is 0 Å². The first-order valence-corrected chi connectivity index (χ1v) is 6.26. The highest BCUT2D eigenvalue weighted by Gasteiger charge is 2.19. The summed E-state index contributed by atoms with van der Waals surface area (Å²) in [5, 5.41) is 1.78. The van der Waals surface area contributed by atoms with Crippen molar-refractivity contribution >= 4 is 29.1 Å². The van der Waals surface area contributed by atoms with E-state index in [2.05, 4.69) is 4.98 Å². The molecule has 0 spiro atoms. The second kappa shape index (κ2) is 6.03. The molecule has 0 N–H and O–H groups in total. The number of carbonyl (C=O) groups is 1. The standard InChI is InChI=1S/C9H13NO2S2/c1-3-7(8(11)12-4-2)14-9-10-5-6-13-9/h5-7H,3-4H2,1-2H3/t7-/m0/s1. The molecule has 0 fully saturated rings. The van der Waals surface area contributed by atoms with Gasteiger partial charge in [-0.3, -0.25) is 4.79 Å². The highest BCUT2D eigenvalue weighted by Crippen LogP contribution is 2.27. The number of esters is 1. The predicted molar refractivity (Wildman–Crippen MR) is 58.7 cm³/mol. The lowest BCUT2D eigenvalue weighted by molar-refractivity contribution is -0.142. The summed E-state index contributed by atoms with van der Waals surface area (Å²) >= 11 is 3.02. The van der Waals surface area contributed by atoms with Gasteiger partial charge in [-0.15, -0.1) is 11.3 Å². The Bertz CT molecular complexity index is 274. The van der Waals surface area contributed by atoms with E-state index in [0.717, 1.165) is 10.8 Å². The highest BCUT2D eigenvalue weighted by atomic mass is 32.2. The van der Waals surface area contributed by atoms with Crippen molar-refractivity contribution < 1.29 is 9.53 Å². The number of ether oxygens (including phenoxy) is 1. The summed E-state index contributed by atoms with van der Waals surface area (Å²) in [6, 6.07) is 0. The van der Waals surface area contributed by atoms with Gasteiger partial charge in [-0.2, -0.15) is 0 Å². The molecule has 0 unspecified atom stereocenters. The number of carbonyl (C=O) groups excluding carboxylic acids is 1. The van der Waals surface area contributed by atoms with E-state index in [1.165, 1.54) is 11.8 Å². The fourth-order valence-corrected chi connectivity index (χ4v) is 2.72. The number of rotatable bonds is 5. The molecule has 14 heavy (non-hydrogen) atoms. The smallest absolute Gasteiger partial charge is 0.319 e. The minimum Gasteiger partial charge on any atom is -0.465 e. The van der Waals surface area contributed by atoms with Gasteiger partial charge in [0.05, 0.1) is 6.61 Å². The predicted octanol–water partition coefficient (Wildman–Crippen LogP) is 2.58. The molecule has 78 valence electrons. The molecule has 0 aliphatic heterocycles. The number of thiazole rings is 1. The minimum absolute atomic E-state index is 0.124. The molecule has 5 heteroatoms. The van der Waals surface area contributed by atoms with Gasteiger partial charge >= 0.3 is 5.97 Å². The fraction of sp³-hybridized carbons (Fsp3) is 0.556. The molecule has 1 aromatic rings. The summed E-state index contributed by atoms with van der Waals surface area (Å²) in [4.78, 5) is 15.6. The van der Waals surface area contributed by atoms with Gasteiger partial charge < -0.3 is 4.74 Å². The molecular formula is C9H13NO2S2. The van der Waals surface area contributed by atoms with Crippen LogP contribution in [0.2, 0.25) is 0 Å². The number of nitrogens with zero attached hydrogens (tertiary/aromatic N) is 1. The van der Waals surface area contributed by atoms with E-state index < -0.39 is 0 Å². The van der Waals surface area contributed by atoms with E-state index >= 15 is 0 Å². The summed E-state index contributed by atoms with van der Waals surface area (Å²) in [6.07, 6.45) is 2.51. The Morgan fingerprint density at radius 1 is 1.71 bits per heavy atom. The average molecular weight is 231 g/mol. The van der Waals surface area contributed by atoms with Crippen molar-refractivity contribution in [1.29, 1.82) is 0 Å². The molecule has 0 aliphatic carbocycles. The van der Waals surface area contributed by atoms with Gasteiger partial charge in [-0.1, -0.05) is 18.7 Å². The normalized spacial score (nSPS) is 12.4. The van der Waals surface area contributed by atoms with Crippen LogP contribution in [-0.2, 0) is 9.53 Å². The number of aromatic nitrogens is 1. The number of thioether (sulfide) groups is 1. The zero-order valence-corrected chi connectivity index (χ0v) is 9.86. The third-order valence-corrected chi connectivity index (χ3v) is 3.83. The zero-order valence-electron chi connectivity index (χ0n) is 8.23. The van der Waals surface area contributed by atoms with Gasteiger partial charge in [-0.05, 0) is 13.3 Å². The molecule has 0 amide bonds. The van der Waals surface area contributed by atoms with Gasteiger partial charge in [0.1, 0.15) is 5.25 Å². The van der Waals surface area contributed by atoms with Crippen molar-refractivity contribution in [3.63, 3.8) is 0 Å². The molecule has 1 rings (SSSR count). The molecule has 1 heterocycles. The molecule has 0 radical (unpaired) electrons. The van der Waals surface area contributed by atoms with Crippen LogP contribution in [0.5, 0.6) is 0 Å². The Kier molecular flexibility index (Phi) is 4.97. The molecule has 0 bridgehead atoms. The van der Waals surface area contributed by atoms with Crippen LogP contribution < -0.4 is 0 Å². The largest absolute Gasteiger partial charge is 0.465 e. The fourth-order valence-electron chi connectivity index (χ4n) is 0.924. The van der Waals surface area contributed by atoms with E-state index in [1.807, 2.05) is 19.2 Å². The molecule has 0 aromatic carbocycles. The summed E-state index contributed by atoms with van der Waals surface area (Å²) in [5.74, 6) is -0.143. The first-order valence-electron chi connectivity index (χ1n) is 4.50. The van der Waals surface area contributed by atoms with Crippen LogP contribution in [0.3, 0.4) is 0 Å². The van der Waals surface area contributed by atoms with E-state index in [-0.39, 0.29) is 11.2 Å². The van der Waals surface area contributed by atoms with E-state index in [9.17, 15) is 4.79 Å². The van der Waals surface area contributed by atoms with Crippen molar-refractivity contribution in [2.75, 3.05) is 6.61 Å². The van der Waals surface area contributed by atoms with Crippen LogP contribution in [0.25, 0.3) is 0 Å². The van der Waals surface area contributed by atoms with Gasteiger partial charge in [0.25, 0.3) is 0 Å². The molecule has 3 nitrogen and oxygen atoms in total. The Balaban J connectivity index is 2.50. The third-order valence-electron chi connectivity index (χ3n) is 1.57. The molecule has 1 aromatic heterocycles. The van der Waals surface area contributed by atoms with E-state index in [0.29, 0.717) is 6.61 Å².